The molecule has 0 amide bonds. The molecule has 1 unspecified atom stereocenters. The van der Waals surface area contributed by atoms with E-state index in [0.29, 0.717) is 6.10 Å². The fourth-order valence-corrected chi connectivity index (χ4v) is 1.91. The summed E-state index contributed by atoms with van der Waals surface area (Å²) >= 11 is 0. The summed E-state index contributed by atoms with van der Waals surface area (Å²) in [4.78, 5) is 2.33. The molecule has 0 spiro atoms. The first-order valence-electron chi connectivity index (χ1n) is 6.25. The zero-order chi connectivity index (χ0) is 11.8. The molecular formula is C14H23NO. The molecule has 1 atom stereocenters. The highest BCUT2D eigenvalue weighted by Crippen LogP contribution is 2.16. The molecule has 2 heteroatoms. The maximum absolute atomic E-state index is 5.88. The van der Waals surface area contributed by atoms with E-state index >= 15 is 0 Å². The van der Waals surface area contributed by atoms with Crippen LogP contribution in [0.15, 0.2) is 30.3 Å². The van der Waals surface area contributed by atoms with Crippen LogP contribution in [-0.4, -0.2) is 31.1 Å². The largest absolute Gasteiger partial charge is 0.489 e. The number of hydrogen-bond acceptors (Lipinski definition) is 2. The second-order valence-electron chi connectivity index (χ2n) is 3.96. The third kappa shape index (κ3) is 4.23. The Morgan fingerprint density at radius 2 is 1.88 bits per heavy atom. The number of piperidine rings is 1. The van der Waals surface area contributed by atoms with Crippen LogP contribution in [0, 0.1) is 0 Å². The Hall–Kier alpha value is -1.02. The van der Waals surface area contributed by atoms with Gasteiger partial charge in [-0.3, -0.25) is 0 Å². The van der Waals surface area contributed by atoms with E-state index in [9.17, 15) is 0 Å². The summed E-state index contributed by atoms with van der Waals surface area (Å²) in [5.74, 6) is 0.993. The Morgan fingerprint density at radius 3 is 2.50 bits per heavy atom. The van der Waals surface area contributed by atoms with Crippen LogP contribution in [0.4, 0.5) is 0 Å². The minimum absolute atomic E-state index is 0.371. The molecule has 2 rings (SSSR count). The monoisotopic (exact) mass is 221 g/mol. The minimum atomic E-state index is 0.371. The Kier molecular flexibility index (Phi) is 5.94. The molecule has 1 heterocycles. The molecule has 2 nitrogen and oxygen atoms in total. The predicted octanol–water partition coefficient (Wildman–Crippen LogP) is 3.19. The van der Waals surface area contributed by atoms with E-state index in [-0.39, 0.29) is 0 Å². The number of rotatable bonds is 2. The van der Waals surface area contributed by atoms with Crippen molar-refractivity contribution in [3.8, 4) is 5.75 Å². The van der Waals surface area contributed by atoms with E-state index in [2.05, 4.69) is 11.9 Å². The molecule has 90 valence electrons. The number of likely N-dealkylation sites (N-methyl/N-ethyl adjacent to an activating group) is 1. The lowest BCUT2D eigenvalue weighted by Gasteiger charge is -2.29. The van der Waals surface area contributed by atoms with Crippen molar-refractivity contribution in [3.63, 3.8) is 0 Å². The summed E-state index contributed by atoms with van der Waals surface area (Å²) in [5.41, 5.74) is 0. The summed E-state index contributed by atoms with van der Waals surface area (Å²) in [6.45, 7) is 6.25. The van der Waals surface area contributed by atoms with Crippen LogP contribution < -0.4 is 4.74 Å². The Balaban J connectivity index is 0.000000606. The molecule has 1 aliphatic heterocycles. The molecule has 0 aromatic heterocycles. The van der Waals surface area contributed by atoms with Crippen LogP contribution in [-0.2, 0) is 0 Å². The highest BCUT2D eigenvalue weighted by atomic mass is 16.5. The molecule has 0 aliphatic carbocycles. The number of para-hydroxylation sites is 1. The van der Waals surface area contributed by atoms with E-state index < -0.39 is 0 Å². The number of ether oxygens (including phenoxy) is 1. The van der Waals surface area contributed by atoms with Gasteiger partial charge >= 0.3 is 0 Å². The Bertz CT molecular complexity index is 273. The quantitative estimate of drug-likeness (QED) is 0.760. The van der Waals surface area contributed by atoms with Gasteiger partial charge in [0.25, 0.3) is 0 Å². The third-order valence-corrected chi connectivity index (χ3v) is 2.63. The molecule has 0 bridgehead atoms. The summed E-state index contributed by atoms with van der Waals surface area (Å²) in [5, 5.41) is 0. The SMILES string of the molecule is CC.CN1CCCC(Oc2ccccc2)C1. The first-order valence-corrected chi connectivity index (χ1v) is 6.25. The van der Waals surface area contributed by atoms with Crippen LogP contribution >= 0.6 is 0 Å². The van der Waals surface area contributed by atoms with Crippen molar-refractivity contribution in [1.82, 2.24) is 4.90 Å². The number of likely N-dealkylation sites (tertiary alicyclic amines) is 1. The van der Waals surface area contributed by atoms with Gasteiger partial charge in [0.1, 0.15) is 11.9 Å². The molecular weight excluding hydrogens is 198 g/mol. The highest BCUT2D eigenvalue weighted by Gasteiger charge is 2.18. The average molecular weight is 221 g/mol. The smallest absolute Gasteiger partial charge is 0.119 e. The molecule has 1 aliphatic rings. The zero-order valence-electron chi connectivity index (χ0n) is 10.6. The van der Waals surface area contributed by atoms with Crippen molar-refractivity contribution >= 4 is 0 Å². The van der Waals surface area contributed by atoms with Gasteiger partial charge in [0, 0.05) is 6.54 Å². The first kappa shape index (κ1) is 13.0. The van der Waals surface area contributed by atoms with Crippen molar-refractivity contribution in [3.05, 3.63) is 30.3 Å². The lowest BCUT2D eigenvalue weighted by molar-refractivity contribution is 0.104. The minimum Gasteiger partial charge on any atom is -0.489 e. The molecule has 0 N–H and O–H groups in total. The van der Waals surface area contributed by atoms with Gasteiger partial charge in [0.2, 0.25) is 0 Å². The maximum Gasteiger partial charge on any atom is 0.119 e. The van der Waals surface area contributed by atoms with Gasteiger partial charge in [-0.15, -0.1) is 0 Å². The highest BCUT2D eigenvalue weighted by molar-refractivity contribution is 5.21. The predicted molar refractivity (Wildman–Crippen MR) is 68.9 cm³/mol. The van der Waals surface area contributed by atoms with Crippen LogP contribution in [0.1, 0.15) is 26.7 Å². The average Bonchev–Trinajstić information content (AvgIpc) is 2.33. The van der Waals surface area contributed by atoms with Crippen LogP contribution in [0.5, 0.6) is 5.75 Å². The normalized spacial score (nSPS) is 20.8. The van der Waals surface area contributed by atoms with Gasteiger partial charge in [-0.2, -0.15) is 0 Å². The fraction of sp³-hybridized carbons (Fsp3) is 0.571. The first-order chi connectivity index (χ1) is 7.84. The van der Waals surface area contributed by atoms with Gasteiger partial charge in [-0.1, -0.05) is 32.0 Å². The Morgan fingerprint density at radius 1 is 1.19 bits per heavy atom. The third-order valence-electron chi connectivity index (χ3n) is 2.63. The molecule has 1 saturated heterocycles. The Labute approximate surface area is 99.2 Å². The van der Waals surface area contributed by atoms with E-state index in [0.717, 1.165) is 12.3 Å². The van der Waals surface area contributed by atoms with E-state index in [4.69, 9.17) is 4.74 Å². The van der Waals surface area contributed by atoms with E-state index in [1.54, 1.807) is 0 Å². The summed E-state index contributed by atoms with van der Waals surface area (Å²) in [7, 11) is 2.15. The topological polar surface area (TPSA) is 12.5 Å². The van der Waals surface area contributed by atoms with Gasteiger partial charge in [0.15, 0.2) is 0 Å². The van der Waals surface area contributed by atoms with Crippen molar-refractivity contribution in [2.45, 2.75) is 32.8 Å². The number of hydrogen-bond donors (Lipinski definition) is 0. The van der Waals surface area contributed by atoms with Crippen LogP contribution in [0.25, 0.3) is 0 Å². The van der Waals surface area contributed by atoms with Crippen molar-refractivity contribution in [2.75, 3.05) is 20.1 Å². The second-order valence-corrected chi connectivity index (χ2v) is 3.96. The van der Waals surface area contributed by atoms with Gasteiger partial charge in [0.05, 0.1) is 0 Å². The molecule has 0 radical (unpaired) electrons. The second kappa shape index (κ2) is 7.29. The van der Waals surface area contributed by atoms with Crippen LogP contribution in [0.2, 0.25) is 0 Å². The standard InChI is InChI=1S/C12H17NO.C2H6/c1-13-9-5-8-12(10-13)14-11-6-3-2-4-7-11;1-2/h2-4,6-7,12H,5,8-10H2,1H3;1-2H3. The van der Waals surface area contributed by atoms with Crippen molar-refractivity contribution in [1.29, 1.82) is 0 Å². The van der Waals surface area contributed by atoms with Crippen LogP contribution in [0.3, 0.4) is 0 Å². The van der Waals surface area contributed by atoms with Gasteiger partial charge in [-0.25, -0.2) is 0 Å². The van der Waals surface area contributed by atoms with Crippen molar-refractivity contribution in [2.24, 2.45) is 0 Å². The van der Waals surface area contributed by atoms with E-state index in [1.807, 2.05) is 44.2 Å². The molecule has 1 fully saturated rings. The molecule has 1 aromatic rings. The lowest BCUT2D eigenvalue weighted by Crippen LogP contribution is -2.38. The van der Waals surface area contributed by atoms with Gasteiger partial charge < -0.3 is 9.64 Å². The number of benzene rings is 1. The maximum atomic E-state index is 5.88. The fourth-order valence-electron chi connectivity index (χ4n) is 1.91. The molecule has 16 heavy (non-hydrogen) atoms. The lowest BCUT2D eigenvalue weighted by atomic mass is 10.1. The summed E-state index contributed by atoms with van der Waals surface area (Å²) in [6, 6.07) is 10.1. The van der Waals surface area contributed by atoms with Crippen molar-refractivity contribution < 1.29 is 4.74 Å². The summed E-state index contributed by atoms with van der Waals surface area (Å²) < 4.78 is 5.88. The molecule has 0 saturated carbocycles. The van der Waals surface area contributed by atoms with E-state index in [1.165, 1.54) is 19.4 Å². The zero-order valence-corrected chi connectivity index (χ0v) is 10.6. The number of nitrogens with zero attached hydrogens (tertiary/aromatic N) is 1. The summed E-state index contributed by atoms with van der Waals surface area (Å²) in [6.07, 6.45) is 2.80. The molecule has 1 aromatic carbocycles. The van der Waals surface area contributed by atoms with Gasteiger partial charge in [-0.05, 0) is 38.6 Å².